The fraction of sp³-hybridized carbons (Fsp3) is 0.286. The Kier molecular flexibility index (Phi) is 5.89. The Morgan fingerprint density at radius 1 is 0.765 bits per heavy atom. The Morgan fingerprint density at radius 3 is 2.00 bits per heavy atom. The average molecular weight is 481 g/mol. The van der Waals surface area contributed by atoms with Crippen molar-refractivity contribution in [3.8, 4) is 51.6 Å². The molecule has 0 radical (unpaired) electrons. The van der Waals surface area contributed by atoms with E-state index in [0.717, 1.165) is 24.3 Å². The van der Waals surface area contributed by atoms with Crippen molar-refractivity contribution < 1.29 is 65.0 Å². The number of phenolic OH excluding ortho intramolecular Hbond substituents is 6. The van der Waals surface area contributed by atoms with Crippen LogP contribution < -0.4 is 4.74 Å². The Balaban J connectivity index is 1.89. The smallest absolute Gasteiger partial charge is 0.402 e. The van der Waals surface area contributed by atoms with E-state index in [-0.39, 0.29) is 28.0 Å². The number of hydrogen-bond donors (Lipinski definition) is 10. The fourth-order valence-electron chi connectivity index (χ4n) is 3.53. The monoisotopic (exact) mass is 481 g/mol. The molecule has 1 aromatic heterocycles. The van der Waals surface area contributed by atoms with Gasteiger partial charge in [-0.3, -0.25) is 0 Å². The number of benzene rings is 2. The van der Waals surface area contributed by atoms with Crippen LogP contribution in [0.25, 0.3) is 22.3 Å². The SMILES string of the molecule is OCC1OC(Oc2cc3c(O)c(O)c(O)cc3[o+]c2-c2cc(O)c(O)c(O)c2)C(O)C(O)C1O. The quantitative estimate of drug-likeness (QED) is 0.172. The standard InChI is InChI=1S/C21H20O13/c22-5-13-17(29)18(30)19(31)21(34-13)33-12-3-7-11(4-10(25)16(28)14(7)26)32-20(12)6-1-8(23)15(27)9(24)2-6/h1-4,13,17-19,21-22,29-31H,5H2,(H5-,23,24,25,26,27,28)/p+1. The van der Waals surface area contributed by atoms with E-state index in [9.17, 15) is 51.1 Å². The van der Waals surface area contributed by atoms with Gasteiger partial charge in [0, 0.05) is 18.2 Å². The summed E-state index contributed by atoms with van der Waals surface area (Å²) < 4.78 is 16.6. The van der Waals surface area contributed by atoms with Crippen LogP contribution in [0.4, 0.5) is 0 Å². The van der Waals surface area contributed by atoms with Gasteiger partial charge in [-0.05, 0) is 0 Å². The van der Waals surface area contributed by atoms with Crippen LogP contribution in [-0.4, -0.2) is 88.4 Å². The van der Waals surface area contributed by atoms with Crippen molar-refractivity contribution in [2.75, 3.05) is 6.61 Å². The second kappa shape index (κ2) is 8.55. The lowest BCUT2D eigenvalue weighted by Crippen LogP contribution is -2.60. The van der Waals surface area contributed by atoms with Crippen molar-refractivity contribution in [2.24, 2.45) is 0 Å². The minimum absolute atomic E-state index is 0.0821. The number of rotatable bonds is 4. The third-order valence-electron chi connectivity index (χ3n) is 5.39. The number of phenols is 6. The molecule has 0 bridgehead atoms. The molecule has 1 aliphatic rings. The third-order valence-corrected chi connectivity index (χ3v) is 5.39. The van der Waals surface area contributed by atoms with Crippen LogP contribution in [-0.2, 0) is 4.74 Å². The van der Waals surface area contributed by atoms with Gasteiger partial charge >= 0.3 is 11.3 Å². The zero-order valence-corrected chi connectivity index (χ0v) is 17.1. The highest BCUT2D eigenvalue weighted by molar-refractivity contribution is 5.91. The second-order valence-electron chi connectivity index (χ2n) is 7.62. The highest BCUT2D eigenvalue weighted by Crippen LogP contribution is 2.47. The van der Waals surface area contributed by atoms with Gasteiger partial charge in [-0.1, -0.05) is 0 Å². The van der Waals surface area contributed by atoms with Gasteiger partial charge < -0.3 is 60.5 Å². The third kappa shape index (κ3) is 3.81. The van der Waals surface area contributed by atoms with Crippen LogP contribution in [0.5, 0.6) is 40.2 Å². The summed E-state index contributed by atoms with van der Waals surface area (Å²) in [7, 11) is 0. The molecule has 10 N–H and O–H groups in total. The van der Waals surface area contributed by atoms with Crippen LogP contribution in [0.1, 0.15) is 0 Å². The zero-order valence-electron chi connectivity index (χ0n) is 17.1. The number of ether oxygens (including phenoxy) is 2. The van der Waals surface area contributed by atoms with Crippen molar-refractivity contribution >= 4 is 11.0 Å². The van der Waals surface area contributed by atoms with Crippen LogP contribution in [0.2, 0.25) is 0 Å². The van der Waals surface area contributed by atoms with Crippen molar-refractivity contribution in [1.29, 1.82) is 0 Å². The average Bonchev–Trinajstić information content (AvgIpc) is 2.81. The van der Waals surface area contributed by atoms with Gasteiger partial charge in [0.15, 0.2) is 28.7 Å². The second-order valence-corrected chi connectivity index (χ2v) is 7.62. The topological polar surface area (TPSA) is 232 Å². The lowest BCUT2D eigenvalue weighted by molar-refractivity contribution is -0.277. The first-order valence-electron chi connectivity index (χ1n) is 9.80. The van der Waals surface area contributed by atoms with Gasteiger partial charge in [-0.2, -0.15) is 0 Å². The summed E-state index contributed by atoms with van der Waals surface area (Å²) in [5.41, 5.74) is -0.266. The highest BCUT2D eigenvalue weighted by atomic mass is 16.7. The van der Waals surface area contributed by atoms with Gasteiger partial charge in [-0.15, -0.1) is 0 Å². The number of aliphatic hydroxyl groups excluding tert-OH is 4. The van der Waals surface area contributed by atoms with Gasteiger partial charge in [0.1, 0.15) is 29.8 Å². The van der Waals surface area contributed by atoms with Crippen molar-refractivity contribution in [3.05, 3.63) is 24.3 Å². The normalized spacial score (nSPS) is 24.9. The molecule has 1 saturated heterocycles. The molecule has 0 saturated carbocycles. The molecule has 13 nitrogen and oxygen atoms in total. The number of hydrogen-bond acceptors (Lipinski definition) is 12. The van der Waals surface area contributed by atoms with Crippen molar-refractivity contribution in [3.63, 3.8) is 0 Å². The maximum Gasteiger partial charge on any atom is 0.402 e. The van der Waals surface area contributed by atoms with E-state index in [1.165, 1.54) is 0 Å². The predicted octanol–water partition coefficient (Wildman–Crippen LogP) is -0.207. The first kappa shape index (κ1) is 23.4. The molecule has 2 heterocycles. The molecule has 0 spiro atoms. The fourth-order valence-corrected chi connectivity index (χ4v) is 3.53. The Bertz CT molecular complexity index is 1220. The van der Waals surface area contributed by atoms with E-state index < -0.39 is 71.8 Å². The number of fused-ring (bicyclic) bond motifs is 1. The minimum Gasteiger partial charge on any atom is -0.504 e. The lowest BCUT2D eigenvalue weighted by Gasteiger charge is -2.39. The molecular weight excluding hydrogens is 460 g/mol. The molecule has 2 aromatic carbocycles. The first-order chi connectivity index (χ1) is 16.0. The maximum atomic E-state index is 10.3. The van der Waals surface area contributed by atoms with E-state index >= 15 is 0 Å². The van der Waals surface area contributed by atoms with Gasteiger partial charge in [0.2, 0.25) is 17.8 Å². The number of aromatic hydroxyl groups is 6. The molecule has 3 aromatic rings. The lowest BCUT2D eigenvalue weighted by atomic mass is 9.99. The van der Waals surface area contributed by atoms with Gasteiger partial charge in [-0.25, -0.2) is 4.42 Å². The van der Waals surface area contributed by atoms with E-state index in [4.69, 9.17) is 13.9 Å². The largest absolute Gasteiger partial charge is 0.504 e. The zero-order chi connectivity index (χ0) is 24.9. The van der Waals surface area contributed by atoms with Crippen LogP contribution in [0.15, 0.2) is 28.7 Å². The molecule has 0 aliphatic carbocycles. The molecule has 182 valence electrons. The van der Waals surface area contributed by atoms with E-state index in [1.807, 2.05) is 0 Å². The molecule has 5 atom stereocenters. The minimum atomic E-state index is -1.82. The van der Waals surface area contributed by atoms with Crippen LogP contribution in [0.3, 0.4) is 0 Å². The summed E-state index contributed by atoms with van der Waals surface area (Å²) in [6.07, 6.45) is -8.23. The summed E-state index contributed by atoms with van der Waals surface area (Å²) in [6.45, 7) is -0.729. The summed E-state index contributed by atoms with van der Waals surface area (Å²) in [6, 6.07) is 4.04. The summed E-state index contributed by atoms with van der Waals surface area (Å²) in [5.74, 6) is -5.28. The predicted molar refractivity (Wildman–Crippen MR) is 110 cm³/mol. The maximum absolute atomic E-state index is 10.3. The van der Waals surface area contributed by atoms with Crippen molar-refractivity contribution in [2.45, 2.75) is 30.7 Å². The van der Waals surface area contributed by atoms with E-state index in [1.54, 1.807) is 0 Å². The van der Waals surface area contributed by atoms with E-state index in [0.29, 0.717) is 0 Å². The molecule has 4 rings (SSSR count). The number of aliphatic hydroxyl groups is 4. The van der Waals surface area contributed by atoms with Gasteiger partial charge in [0.25, 0.3) is 0 Å². The molecule has 1 aliphatic heterocycles. The Labute approximate surface area is 189 Å². The van der Waals surface area contributed by atoms with Gasteiger partial charge in [0.05, 0.1) is 18.2 Å². The van der Waals surface area contributed by atoms with Crippen LogP contribution in [0, 0.1) is 0 Å². The summed E-state index contributed by atoms with van der Waals surface area (Å²) >= 11 is 0. The van der Waals surface area contributed by atoms with E-state index in [2.05, 4.69) is 0 Å². The Hall–Kier alpha value is -3.75. The molecule has 13 heteroatoms. The van der Waals surface area contributed by atoms with Crippen LogP contribution >= 0.6 is 0 Å². The molecule has 5 unspecified atom stereocenters. The Morgan fingerprint density at radius 2 is 1.38 bits per heavy atom. The molecule has 34 heavy (non-hydrogen) atoms. The molecular formula is C21H21O13+. The summed E-state index contributed by atoms with van der Waals surface area (Å²) in [4.78, 5) is 0. The first-order valence-corrected chi connectivity index (χ1v) is 9.80. The highest BCUT2D eigenvalue weighted by Gasteiger charge is 2.45. The van der Waals surface area contributed by atoms with Crippen molar-refractivity contribution in [1.82, 2.24) is 0 Å². The molecule has 0 amide bonds. The summed E-state index contributed by atoms with van der Waals surface area (Å²) in [5, 5.41) is 98.9. The molecule has 1 fully saturated rings.